The lowest BCUT2D eigenvalue weighted by Gasteiger charge is -2.13. The van der Waals surface area contributed by atoms with Gasteiger partial charge < -0.3 is 10.4 Å². The summed E-state index contributed by atoms with van der Waals surface area (Å²) in [6, 6.07) is 1.98. The molecule has 0 saturated carbocycles. The fourth-order valence-corrected chi connectivity index (χ4v) is 2.52. The van der Waals surface area contributed by atoms with E-state index in [-0.39, 0.29) is 18.2 Å². The van der Waals surface area contributed by atoms with Gasteiger partial charge in [-0.25, -0.2) is 0 Å². The highest BCUT2D eigenvalue weighted by molar-refractivity contribution is 9.10. The molecule has 1 heterocycles. The quantitative estimate of drug-likeness (QED) is 0.878. The number of hydrogen-bond donors (Lipinski definition) is 2. The zero-order chi connectivity index (χ0) is 12.1. The number of aliphatic hydroxyl groups excluding tert-OH is 1. The van der Waals surface area contributed by atoms with Gasteiger partial charge in [-0.05, 0) is 27.9 Å². The van der Waals surface area contributed by atoms with E-state index in [0.29, 0.717) is 6.54 Å². The first-order valence-corrected chi connectivity index (χ1v) is 6.84. The lowest BCUT2D eigenvalue weighted by Crippen LogP contribution is -2.28. The molecule has 0 saturated heterocycles. The van der Waals surface area contributed by atoms with Crippen molar-refractivity contribution in [2.24, 2.45) is 5.92 Å². The molecular weight excluding hydrogens is 290 g/mol. The van der Waals surface area contributed by atoms with Crippen LogP contribution in [0.15, 0.2) is 15.9 Å². The zero-order valence-electron chi connectivity index (χ0n) is 9.37. The Morgan fingerprint density at radius 3 is 2.81 bits per heavy atom. The van der Waals surface area contributed by atoms with Crippen LogP contribution in [0.3, 0.4) is 0 Å². The summed E-state index contributed by atoms with van der Waals surface area (Å²) in [6.45, 7) is 4.32. The van der Waals surface area contributed by atoms with E-state index in [9.17, 15) is 9.90 Å². The molecule has 0 bridgehead atoms. The minimum absolute atomic E-state index is 0.106. The average molecular weight is 306 g/mol. The summed E-state index contributed by atoms with van der Waals surface area (Å²) < 4.78 is 1.03. The summed E-state index contributed by atoms with van der Waals surface area (Å²) in [7, 11) is 0. The first kappa shape index (κ1) is 13.7. The molecule has 0 fully saturated rings. The number of rotatable bonds is 5. The average Bonchev–Trinajstić information content (AvgIpc) is 2.61. The van der Waals surface area contributed by atoms with E-state index in [1.165, 1.54) is 0 Å². The van der Waals surface area contributed by atoms with Crippen molar-refractivity contribution in [2.75, 3.05) is 0 Å². The van der Waals surface area contributed by atoms with Gasteiger partial charge in [-0.1, -0.05) is 13.8 Å². The van der Waals surface area contributed by atoms with E-state index in [2.05, 4.69) is 21.2 Å². The maximum atomic E-state index is 11.5. The number of nitrogens with one attached hydrogen (secondary N) is 1. The molecule has 1 aromatic heterocycles. The second-order valence-corrected chi connectivity index (χ2v) is 5.93. The third-order valence-electron chi connectivity index (χ3n) is 2.25. The molecule has 3 nitrogen and oxygen atoms in total. The number of carbonyl (C=O) groups is 1. The topological polar surface area (TPSA) is 49.3 Å². The number of thiophene rings is 1. The van der Waals surface area contributed by atoms with Gasteiger partial charge in [-0.3, -0.25) is 4.79 Å². The summed E-state index contributed by atoms with van der Waals surface area (Å²) in [6.07, 6.45) is -0.389. The first-order chi connectivity index (χ1) is 7.49. The van der Waals surface area contributed by atoms with E-state index >= 15 is 0 Å². The molecule has 0 aromatic carbocycles. The van der Waals surface area contributed by atoms with E-state index in [1.54, 1.807) is 11.3 Å². The van der Waals surface area contributed by atoms with Gasteiger partial charge in [0.25, 0.3) is 0 Å². The number of carbonyl (C=O) groups excluding carboxylic acids is 1. The minimum Gasteiger partial charge on any atom is -0.392 e. The van der Waals surface area contributed by atoms with Crippen LogP contribution in [0.25, 0.3) is 0 Å². The van der Waals surface area contributed by atoms with Crippen LogP contribution in [0.4, 0.5) is 0 Å². The van der Waals surface area contributed by atoms with Gasteiger partial charge in [-0.15, -0.1) is 11.3 Å². The van der Waals surface area contributed by atoms with Crippen LogP contribution in [0.5, 0.6) is 0 Å². The van der Waals surface area contributed by atoms with E-state index in [4.69, 9.17) is 0 Å². The maximum absolute atomic E-state index is 11.5. The predicted molar refractivity (Wildman–Crippen MR) is 69.3 cm³/mol. The molecule has 1 unspecified atom stereocenters. The number of halogens is 1. The Morgan fingerprint density at radius 1 is 1.62 bits per heavy atom. The van der Waals surface area contributed by atoms with Gasteiger partial charge in [0, 0.05) is 14.7 Å². The van der Waals surface area contributed by atoms with Crippen LogP contribution in [0.2, 0.25) is 0 Å². The second kappa shape index (κ2) is 6.37. The smallest absolute Gasteiger partial charge is 0.222 e. The second-order valence-electron chi connectivity index (χ2n) is 4.02. The Balaban J connectivity index is 2.30. The largest absolute Gasteiger partial charge is 0.392 e. The van der Waals surface area contributed by atoms with Crippen LogP contribution in [0, 0.1) is 5.92 Å². The molecule has 1 rings (SSSR count). The molecule has 16 heavy (non-hydrogen) atoms. The highest BCUT2D eigenvalue weighted by Gasteiger charge is 2.13. The van der Waals surface area contributed by atoms with Gasteiger partial charge in [0.15, 0.2) is 0 Å². The van der Waals surface area contributed by atoms with Crippen molar-refractivity contribution >= 4 is 33.2 Å². The standard InChI is InChI=1S/C11H16BrNO2S/c1-7(2)10(14)4-11(15)13-5-9-3-8(12)6-16-9/h3,6-7,10,14H,4-5H2,1-2H3,(H,13,15). The first-order valence-electron chi connectivity index (χ1n) is 5.16. The Labute approximate surface area is 108 Å². The Bertz CT molecular complexity index is 352. The Kier molecular flexibility index (Phi) is 5.44. The fourth-order valence-electron chi connectivity index (χ4n) is 1.13. The normalized spacial score (nSPS) is 12.8. The fraction of sp³-hybridized carbons (Fsp3) is 0.545. The van der Waals surface area contributed by atoms with Crippen molar-refractivity contribution in [1.29, 1.82) is 0 Å². The SMILES string of the molecule is CC(C)C(O)CC(=O)NCc1cc(Br)cs1. The molecular formula is C11H16BrNO2S. The molecule has 2 N–H and O–H groups in total. The molecule has 0 aliphatic rings. The van der Waals surface area contributed by atoms with E-state index < -0.39 is 6.10 Å². The molecule has 0 aliphatic carbocycles. The molecule has 1 aromatic rings. The van der Waals surface area contributed by atoms with E-state index in [1.807, 2.05) is 25.3 Å². The van der Waals surface area contributed by atoms with Crippen LogP contribution in [-0.2, 0) is 11.3 Å². The molecule has 90 valence electrons. The lowest BCUT2D eigenvalue weighted by atomic mass is 10.0. The van der Waals surface area contributed by atoms with Gasteiger partial charge >= 0.3 is 0 Å². The highest BCUT2D eigenvalue weighted by Crippen LogP contribution is 2.19. The Hall–Kier alpha value is -0.390. The monoisotopic (exact) mass is 305 g/mol. The van der Waals surface area contributed by atoms with Crippen molar-refractivity contribution in [1.82, 2.24) is 5.32 Å². The summed E-state index contributed by atoms with van der Waals surface area (Å²) in [5.74, 6) is 0.00681. The Morgan fingerprint density at radius 2 is 2.31 bits per heavy atom. The van der Waals surface area contributed by atoms with Crippen molar-refractivity contribution in [3.8, 4) is 0 Å². The maximum Gasteiger partial charge on any atom is 0.222 e. The predicted octanol–water partition coefficient (Wildman–Crippen LogP) is 2.53. The van der Waals surface area contributed by atoms with Crippen LogP contribution in [0.1, 0.15) is 25.1 Å². The van der Waals surface area contributed by atoms with E-state index in [0.717, 1.165) is 9.35 Å². The summed E-state index contributed by atoms with van der Waals surface area (Å²) in [4.78, 5) is 12.6. The van der Waals surface area contributed by atoms with Gasteiger partial charge in [0.2, 0.25) is 5.91 Å². The molecule has 1 amide bonds. The van der Waals surface area contributed by atoms with Crippen LogP contribution >= 0.6 is 27.3 Å². The number of aliphatic hydroxyl groups is 1. The lowest BCUT2D eigenvalue weighted by molar-refractivity contribution is -0.123. The third kappa shape index (κ3) is 4.63. The van der Waals surface area contributed by atoms with Gasteiger partial charge in [-0.2, -0.15) is 0 Å². The summed E-state index contributed by atoms with van der Waals surface area (Å²) in [5, 5.41) is 14.3. The van der Waals surface area contributed by atoms with Crippen molar-refractivity contribution < 1.29 is 9.90 Å². The van der Waals surface area contributed by atoms with Crippen molar-refractivity contribution in [3.05, 3.63) is 20.8 Å². The highest BCUT2D eigenvalue weighted by atomic mass is 79.9. The van der Waals surface area contributed by atoms with Gasteiger partial charge in [0.05, 0.1) is 19.1 Å². The summed E-state index contributed by atoms with van der Waals surface area (Å²) in [5.41, 5.74) is 0. The third-order valence-corrected chi connectivity index (χ3v) is 3.94. The zero-order valence-corrected chi connectivity index (χ0v) is 11.8. The van der Waals surface area contributed by atoms with Gasteiger partial charge in [0.1, 0.15) is 0 Å². The molecule has 0 aliphatic heterocycles. The number of amides is 1. The molecule has 1 atom stereocenters. The number of hydrogen-bond acceptors (Lipinski definition) is 3. The molecule has 5 heteroatoms. The van der Waals surface area contributed by atoms with Crippen LogP contribution < -0.4 is 5.32 Å². The van der Waals surface area contributed by atoms with Crippen molar-refractivity contribution in [3.63, 3.8) is 0 Å². The molecule has 0 radical (unpaired) electrons. The minimum atomic E-state index is -0.560. The summed E-state index contributed by atoms with van der Waals surface area (Å²) >= 11 is 4.95. The molecule has 0 spiro atoms. The van der Waals surface area contributed by atoms with Crippen molar-refractivity contribution in [2.45, 2.75) is 32.9 Å². The van der Waals surface area contributed by atoms with Crippen LogP contribution in [-0.4, -0.2) is 17.1 Å².